The van der Waals surface area contributed by atoms with Crippen molar-refractivity contribution >= 4 is 17.7 Å². The molecule has 0 heterocycles. The summed E-state index contributed by atoms with van der Waals surface area (Å²) in [6.45, 7) is 3.30. The smallest absolute Gasteiger partial charge is 0.254 e. The Morgan fingerprint density at radius 3 is 2.36 bits per heavy atom. The van der Waals surface area contributed by atoms with Crippen LogP contribution >= 0.6 is 0 Å². The average Bonchev–Trinajstić information content (AvgIpc) is 2.49. The molecule has 120 valence electrons. The molecule has 0 bridgehead atoms. The molecule has 0 saturated heterocycles. The lowest BCUT2D eigenvalue weighted by atomic mass is 10.0. The number of halogens is 1. The Balaban J connectivity index is 2.76. The highest BCUT2D eigenvalue weighted by Gasteiger charge is 2.25. The molecule has 6 nitrogen and oxygen atoms in total. The summed E-state index contributed by atoms with van der Waals surface area (Å²) in [5, 5.41) is 7.29. The monoisotopic (exact) mass is 309 g/mol. The molecule has 1 atom stereocenters. The van der Waals surface area contributed by atoms with E-state index in [1.54, 1.807) is 13.8 Å². The molecule has 3 amide bonds. The molecular formula is C15H20FN3O3. The molecule has 0 aromatic heterocycles. The van der Waals surface area contributed by atoms with Crippen molar-refractivity contribution in [3.8, 4) is 0 Å². The van der Waals surface area contributed by atoms with Gasteiger partial charge >= 0.3 is 0 Å². The lowest BCUT2D eigenvalue weighted by molar-refractivity contribution is -0.127. The van der Waals surface area contributed by atoms with Gasteiger partial charge in [-0.05, 0) is 18.1 Å². The zero-order valence-corrected chi connectivity index (χ0v) is 12.8. The van der Waals surface area contributed by atoms with Crippen LogP contribution in [0.2, 0.25) is 0 Å². The highest BCUT2D eigenvalue weighted by atomic mass is 19.1. The van der Waals surface area contributed by atoms with Gasteiger partial charge < -0.3 is 16.0 Å². The molecule has 0 spiro atoms. The zero-order chi connectivity index (χ0) is 16.7. The summed E-state index contributed by atoms with van der Waals surface area (Å²) < 4.78 is 13.6. The van der Waals surface area contributed by atoms with E-state index >= 15 is 0 Å². The number of hydrogen-bond donors (Lipinski definition) is 3. The molecule has 1 aromatic rings. The number of nitrogens with one attached hydrogen (secondary N) is 3. The average molecular weight is 309 g/mol. The quantitative estimate of drug-likeness (QED) is 0.713. The first-order chi connectivity index (χ1) is 10.4. The van der Waals surface area contributed by atoms with Crippen LogP contribution in [0.5, 0.6) is 0 Å². The zero-order valence-electron chi connectivity index (χ0n) is 12.8. The van der Waals surface area contributed by atoms with E-state index in [4.69, 9.17) is 0 Å². The molecule has 1 unspecified atom stereocenters. The van der Waals surface area contributed by atoms with Gasteiger partial charge in [0.25, 0.3) is 5.91 Å². The molecule has 0 aliphatic heterocycles. The number of carbonyl (C=O) groups excluding carboxylic acids is 3. The van der Waals surface area contributed by atoms with Crippen LogP contribution in [0.1, 0.15) is 24.2 Å². The Morgan fingerprint density at radius 1 is 1.18 bits per heavy atom. The van der Waals surface area contributed by atoms with Crippen LogP contribution in [0.25, 0.3) is 0 Å². The van der Waals surface area contributed by atoms with Crippen molar-refractivity contribution < 1.29 is 18.8 Å². The van der Waals surface area contributed by atoms with E-state index in [9.17, 15) is 18.8 Å². The van der Waals surface area contributed by atoms with E-state index in [1.165, 1.54) is 31.3 Å². The van der Waals surface area contributed by atoms with Gasteiger partial charge in [0, 0.05) is 7.05 Å². The summed E-state index contributed by atoms with van der Waals surface area (Å²) in [4.78, 5) is 35.3. The van der Waals surface area contributed by atoms with Crippen molar-refractivity contribution in [2.75, 3.05) is 13.6 Å². The van der Waals surface area contributed by atoms with Crippen LogP contribution in [0.3, 0.4) is 0 Å². The Bertz CT molecular complexity index is 561. The number of carbonyl (C=O) groups is 3. The molecule has 22 heavy (non-hydrogen) atoms. The number of hydrogen-bond acceptors (Lipinski definition) is 3. The van der Waals surface area contributed by atoms with Crippen LogP contribution in [0, 0.1) is 11.7 Å². The van der Waals surface area contributed by atoms with E-state index in [2.05, 4.69) is 16.0 Å². The van der Waals surface area contributed by atoms with Gasteiger partial charge in [0.05, 0.1) is 12.1 Å². The highest BCUT2D eigenvalue weighted by molar-refractivity contribution is 5.98. The third-order valence-corrected chi connectivity index (χ3v) is 3.06. The van der Waals surface area contributed by atoms with Crippen molar-refractivity contribution in [1.29, 1.82) is 0 Å². The Labute approximate surface area is 128 Å². The second kappa shape index (κ2) is 8.11. The lowest BCUT2D eigenvalue weighted by Gasteiger charge is -2.21. The molecular weight excluding hydrogens is 289 g/mol. The molecule has 0 radical (unpaired) electrons. The number of amides is 3. The normalized spacial score (nSPS) is 11.7. The van der Waals surface area contributed by atoms with Gasteiger partial charge in [-0.3, -0.25) is 14.4 Å². The molecule has 7 heteroatoms. The topological polar surface area (TPSA) is 87.3 Å². The molecule has 0 aliphatic rings. The van der Waals surface area contributed by atoms with Gasteiger partial charge in [0.2, 0.25) is 11.8 Å². The first kappa shape index (κ1) is 17.6. The van der Waals surface area contributed by atoms with Crippen molar-refractivity contribution in [3.05, 3.63) is 35.6 Å². The molecule has 1 rings (SSSR count). The van der Waals surface area contributed by atoms with E-state index in [-0.39, 0.29) is 23.9 Å². The SMILES string of the molecule is CNC(=O)CNC(=O)C(NC(=O)c1ccccc1F)C(C)C. The first-order valence-electron chi connectivity index (χ1n) is 6.90. The van der Waals surface area contributed by atoms with Crippen molar-refractivity contribution in [2.24, 2.45) is 5.92 Å². The fourth-order valence-electron chi connectivity index (χ4n) is 1.77. The second-order valence-electron chi connectivity index (χ2n) is 5.07. The van der Waals surface area contributed by atoms with Gasteiger partial charge in [-0.2, -0.15) is 0 Å². The molecule has 0 fully saturated rings. The standard InChI is InChI=1S/C15H20FN3O3/c1-9(2)13(15(22)18-8-12(20)17-3)19-14(21)10-6-4-5-7-11(10)16/h4-7,9,13H,8H2,1-3H3,(H,17,20)(H,18,22)(H,19,21). The molecule has 0 aliphatic carbocycles. The highest BCUT2D eigenvalue weighted by Crippen LogP contribution is 2.08. The molecule has 1 aromatic carbocycles. The minimum Gasteiger partial charge on any atom is -0.358 e. The Hall–Kier alpha value is -2.44. The maximum Gasteiger partial charge on any atom is 0.254 e. The van der Waals surface area contributed by atoms with Gasteiger partial charge in [-0.15, -0.1) is 0 Å². The maximum atomic E-state index is 13.6. The molecule has 0 saturated carbocycles. The third kappa shape index (κ3) is 4.83. The van der Waals surface area contributed by atoms with Crippen LogP contribution < -0.4 is 16.0 Å². The first-order valence-corrected chi connectivity index (χ1v) is 6.90. The van der Waals surface area contributed by atoms with E-state index < -0.39 is 23.7 Å². The van der Waals surface area contributed by atoms with Crippen LogP contribution in [-0.4, -0.2) is 37.4 Å². The van der Waals surface area contributed by atoms with E-state index in [1.807, 2.05) is 0 Å². The maximum absolute atomic E-state index is 13.6. The fraction of sp³-hybridized carbons (Fsp3) is 0.400. The van der Waals surface area contributed by atoms with Crippen molar-refractivity contribution in [3.63, 3.8) is 0 Å². The summed E-state index contributed by atoms with van der Waals surface area (Å²) in [6.07, 6.45) is 0. The minimum atomic E-state index is -0.864. The Kier molecular flexibility index (Phi) is 6.49. The number of likely N-dealkylation sites (N-methyl/N-ethyl adjacent to an activating group) is 1. The van der Waals surface area contributed by atoms with Crippen LogP contribution in [0.15, 0.2) is 24.3 Å². The molecule has 3 N–H and O–H groups in total. The van der Waals surface area contributed by atoms with Gasteiger partial charge in [0.15, 0.2) is 0 Å². The summed E-state index contributed by atoms with van der Waals surface area (Å²) >= 11 is 0. The largest absolute Gasteiger partial charge is 0.358 e. The third-order valence-electron chi connectivity index (χ3n) is 3.06. The van der Waals surface area contributed by atoms with Crippen LogP contribution in [0.4, 0.5) is 4.39 Å². The predicted octanol–water partition coefficient (Wildman–Crippen LogP) is 0.442. The second-order valence-corrected chi connectivity index (χ2v) is 5.07. The summed E-state index contributed by atoms with van der Waals surface area (Å²) in [7, 11) is 1.45. The van der Waals surface area contributed by atoms with Gasteiger partial charge in [-0.1, -0.05) is 26.0 Å². The van der Waals surface area contributed by atoms with Crippen molar-refractivity contribution in [2.45, 2.75) is 19.9 Å². The van der Waals surface area contributed by atoms with Gasteiger partial charge in [-0.25, -0.2) is 4.39 Å². The van der Waals surface area contributed by atoms with Gasteiger partial charge in [0.1, 0.15) is 11.9 Å². The van der Waals surface area contributed by atoms with Crippen LogP contribution in [-0.2, 0) is 9.59 Å². The predicted molar refractivity (Wildman–Crippen MR) is 79.6 cm³/mol. The Morgan fingerprint density at radius 2 is 1.82 bits per heavy atom. The summed E-state index contributed by atoms with van der Waals surface area (Å²) in [6, 6.07) is 4.66. The van der Waals surface area contributed by atoms with Crippen molar-refractivity contribution in [1.82, 2.24) is 16.0 Å². The van der Waals surface area contributed by atoms with E-state index in [0.717, 1.165) is 0 Å². The summed E-state index contributed by atoms with van der Waals surface area (Å²) in [5.74, 6) is -2.40. The number of rotatable bonds is 6. The lowest BCUT2D eigenvalue weighted by Crippen LogP contribution is -2.51. The van der Waals surface area contributed by atoms with E-state index in [0.29, 0.717) is 0 Å². The minimum absolute atomic E-state index is 0.132. The fourth-order valence-corrected chi connectivity index (χ4v) is 1.77. The summed E-state index contributed by atoms with van der Waals surface area (Å²) in [5.41, 5.74) is -0.132. The number of benzene rings is 1.